The van der Waals surface area contributed by atoms with Crippen molar-refractivity contribution < 1.29 is 21.5 Å². The molecule has 0 saturated carbocycles. The Morgan fingerprint density at radius 1 is 0.857 bits per heavy atom. The molecule has 146 valence electrons. The van der Waals surface area contributed by atoms with Crippen LogP contribution in [-0.2, 0) is 0 Å². The summed E-state index contributed by atoms with van der Waals surface area (Å²) >= 11 is 0. The molecule has 0 atom stereocenters. The van der Waals surface area contributed by atoms with Gasteiger partial charge in [-0.15, -0.1) is 0 Å². The van der Waals surface area contributed by atoms with Crippen molar-refractivity contribution in [2.75, 3.05) is 44.2 Å². The van der Waals surface area contributed by atoms with E-state index in [1.54, 1.807) is 0 Å². The minimum Gasteiger partial charge on any atom is -1.00 e. The quantitative estimate of drug-likeness (QED) is 0.559. The summed E-state index contributed by atoms with van der Waals surface area (Å²) in [6.45, 7) is 9.44. The third kappa shape index (κ3) is 3.53. The van der Waals surface area contributed by atoms with E-state index in [2.05, 4.69) is 60.4 Å². The molecule has 0 bridgehead atoms. The van der Waals surface area contributed by atoms with Gasteiger partial charge in [-0.25, -0.2) is 9.97 Å². The maximum absolute atomic E-state index is 5.06. The number of quaternary nitrogens is 1. The highest BCUT2D eigenvalue weighted by molar-refractivity contribution is 5.93. The zero-order valence-electron chi connectivity index (χ0n) is 16.4. The predicted molar refractivity (Wildman–Crippen MR) is 111 cm³/mol. The number of aryl methyl sites for hydroxylation is 1. The molecule has 2 saturated heterocycles. The number of hydrogen-bond acceptors (Lipinski definition) is 3. The molecule has 0 N–H and O–H groups in total. The number of rotatable bonds is 2. The Bertz CT molecular complexity index is 957. The number of aromatic nitrogens is 2. The highest BCUT2D eigenvalue weighted by Crippen LogP contribution is 2.30. The van der Waals surface area contributed by atoms with Crippen LogP contribution < -0.4 is 21.9 Å². The lowest BCUT2D eigenvalue weighted by Crippen LogP contribution is -3.00. The van der Waals surface area contributed by atoms with E-state index in [1.165, 1.54) is 49.1 Å². The summed E-state index contributed by atoms with van der Waals surface area (Å²) in [7, 11) is 0. The van der Waals surface area contributed by atoms with Gasteiger partial charge in [0.2, 0.25) is 5.95 Å². The van der Waals surface area contributed by atoms with Crippen molar-refractivity contribution >= 4 is 16.9 Å². The Kier molecular flexibility index (Phi) is 5.39. The van der Waals surface area contributed by atoms with Gasteiger partial charge >= 0.3 is 0 Å². The van der Waals surface area contributed by atoms with E-state index in [0.29, 0.717) is 0 Å². The van der Waals surface area contributed by atoms with Crippen LogP contribution in [0.5, 0.6) is 0 Å². The Hall–Kier alpha value is -1.98. The average Bonchev–Trinajstić information content (AvgIpc) is 3.16. The third-order valence-corrected chi connectivity index (χ3v) is 6.37. The van der Waals surface area contributed by atoms with Crippen LogP contribution in [0.3, 0.4) is 0 Å². The summed E-state index contributed by atoms with van der Waals surface area (Å²) in [5, 5.41) is 1.14. The summed E-state index contributed by atoms with van der Waals surface area (Å²) < 4.78 is 1.31. The normalized spacial score (nSPS) is 18.4. The van der Waals surface area contributed by atoms with E-state index in [9.17, 15) is 0 Å². The fraction of sp³-hybridized carbons (Fsp3) is 0.391. The maximum atomic E-state index is 5.06. The lowest BCUT2D eigenvalue weighted by molar-refractivity contribution is -0.917. The molecule has 1 aromatic heterocycles. The molecule has 28 heavy (non-hydrogen) atoms. The summed E-state index contributed by atoms with van der Waals surface area (Å²) in [4.78, 5) is 12.4. The van der Waals surface area contributed by atoms with Crippen LogP contribution in [0.1, 0.15) is 18.4 Å². The SMILES string of the molecule is Cc1ccc2nc(N3CC[N+]4(CCCC4)CC3)nc(-c3ccccc3)c2c1.[Br-]. The third-order valence-electron chi connectivity index (χ3n) is 6.37. The van der Waals surface area contributed by atoms with E-state index >= 15 is 0 Å². The van der Waals surface area contributed by atoms with Crippen molar-refractivity contribution in [3.8, 4) is 11.3 Å². The number of halogens is 1. The number of fused-ring (bicyclic) bond motifs is 1. The molecule has 5 rings (SSSR count). The van der Waals surface area contributed by atoms with Gasteiger partial charge in [-0.05, 0) is 19.1 Å². The average molecular weight is 439 g/mol. The van der Waals surface area contributed by atoms with Crippen LogP contribution >= 0.6 is 0 Å². The largest absolute Gasteiger partial charge is 1.00 e. The van der Waals surface area contributed by atoms with E-state index in [0.717, 1.165) is 41.2 Å². The topological polar surface area (TPSA) is 29.0 Å². The van der Waals surface area contributed by atoms with Crippen LogP contribution in [0.2, 0.25) is 0 Å². The molecule has 0 radical (unpaired) electrons. The first-order valence-electron chi connectivity index (χ1n) is 10.2. The Morgan fingerprint density at radius 2 is 1.57 bits per heavy atom. The summed E-state index contributed by atoms with van der Waals surface area (Å²) in [5.41, 5.74) is 4.50. The molecular formula is C23H27BrN4. The zero-order chi connectivity index (χ0) is 18.3. The molecule has 4 nitrogen and oxygen atoms in total. The van der Waals surface area contributed by atoms with Crippen LogP contribution in [0.15, 0.2) is 48.5 Å². The van der Waals surface area contributed by atoms with E-state index in [1.807, 2.05) is 0 Å². The van der Waals surface area contributed by atoms with Crippen LogP contribution in [0, 0.1) is 6.92 Å². The molecule has 5 heteroatoms. The van der Waals surface area contributed by atoms with Crippen LogP contribution in [-0.4, -0.2) is 53.7 Å². The lowest BCUT2D eigenvalue weighted by atomic mass is 10.0. The standard InChI is InChI=1S/C23H27N4.BrH/c1-18-9-10-21-20(17-18)22(19-7-3-2-4-8-19)25-23(24-21)26-11-15-27(16-12-26)13-5-6-14-27;/h2-4,7-10,17H,5-6,11-16H2,1H3;1H/q+1;/p-1. The number of piperazine rings is 1. The van der Waals surface area contributed by atoms with Gasteiger partial charge in [0.1, 0.15) is 0 Å². The monoisotopic (exact) mass is 438 g/mol. The van der Waals surface area contributed by atoms with Gasteiger partial charge in [-0.2, -0.15) is 0 Å². The molecule has 0 unspecified atom stereocenters. The van der Waals surface area contributed by atoms with Gasteiger partial charge < -0.3 is 26.4 Å². The van der Waals surface area contributed by atoms with E-state index in [-0.39, 0.29) is 17.0 Å². The molecule has 2 aliphatic heterocycles. The number of benzene rings is 2. The highest BCUT2D eigenvalue weighted by atomic mass is 79.9. The first kappa shape index (κ1) is 19.3. The van der Waals surface area contributed by atoms with Crippen LogP contribution in [0.25, 0.3) is 22.2 Å². The van der Waals surface area contributed by atoms with Crippen molar-refractivity contribution in [2.45, 2.75) is 19.8 Å². The molecule has 0 amide bonds. The Labute approximate surface area is 177 Å². The highest BCUT2D eigenvalue weighted by Gasteiger charge is 2.36. The van der Waals surface area contributed by atoms with Crippen LogP contribution in [0.4, 0.5) is 5.95 Å². The van der Waals surface area contributed by atoms with Crippen molar-refractivity contribution in [3.63, 3.8) is 0 Å². The minimum atomic E-state index is 0. The molecular weight excluding hydrogens is 412 g/mol. The molecule has 2 fully saturated rings. The Balaban J connectivity index is 0.00000192. The fourth-order valence-corrected chi connectivity index (χ4v) is 4.73. The van der Waals surface area contributed by atoms with Gasteiger partial charge in [-0.3, -0.25) is 0 Å². The second-order valence-electron chi connectivity index (χ2n) is 8.19. The van der Waals surface area contributed by atoms with E-state index in [4.69, 9.17) is 9.97 Å². The second-order valence-corrected chi connectivity index (χ2v) is 8.19. The van der Waals surface area contributed by atoms with Gasteiger partial charge in [0, 0.05) is 23.8 Å². The molecule has 3 heterocycles. The van der Waals surface area contributed by atoms with Gasteiger partial charge in [0.05, 0.1) is 50.5 Å². The first-order valence-corrected chi connectivity index (χ1v) is 10.2. The predicted octanol–water partition coefficient (Wildman–Crippen LogP) is 1.04. The summed E-state index contributed by atoms with van der Waals surface area (Å²) in [5.74, 6) is 0.891. The molecule has 2 aromatic carbocycles. The lowest BCUT2D eigenvalue weighted by Gasteiger charge is -2.42. The summed E-state index contributed by atoms with van der Waals surface area (Å²) in [6.07, 6.45) is 2.79. The first-order chi connectivity index (χ1) is 13.2. The summed E-state index contributed by atoms with van der Waals surface area (Å²) in [6, 6.07) is 17.0. The molecule has 2 aliphatic rings. The zero-order valence-corrected chi connectivity index (χ0v) is 18.0. The van der Waals surface area contributed by atoms with Crippen molar-refractivity contribution in [3.05, 3.63) is 54.1 Å². The molecule has 1 spiro atoms. The minimum absolute atomic E-state index is 0. The van der Waals surface area contributed by atoms with Crippen molar-refractivity contribution in [2.24, 2.45) is 0 Å². The van der Waals surface area contributed by atoms with Gasteiger partial charge in [0.25, 0.3) is 0 Å². The van der Waals surface area contributed by atoms with Gasteiger partial charge in [-0.1, -0.05) is 42.0 Å². The van der Waals surface area contributed by atoms with Gasteiger partial charge in [0.15, 0.2) is 0 Å². The fourth-order valence-electron chi connectivity index (χ4n) is 4.73. The molecule has 3 aromatic rings. The van der Waals surface area contributed by atoms with Crippen molar-refractivity contribution in [1.29, 1.82) is 0 Å². The molecule has 0 aliphatic carbocycles. The van der Waals surface area contributed by atoms with E-state index < -0.39 is 0 Å². The number of anilines is 1. The number of nitrogens with zero attached hydrogens (tertiary/aromatic N) is 4. The maximum Gasteiger partial charge on any atom is 0.226 e. The number of hydrogen-bond donors (Lipinski definition) is 0. The smallest absolute Gasteiger partial charge is 0.226 e. The Morgan fingerprint density at radius 3 is 2.29 bits per heavy atom. The van der Waals surface area contributed by atoms with Crippen molar-refractivity contribution in [1.82, 2.24) is 9.97 Å². The second kappa shape index (κ2) is 7.80.